The third kappa shape index (κ3) is 4.06. The summed E-state index contributed by atoms with van der Waals surface area (Å²) in [5.74, 6) is 1.41. The number of aromatic amines is 1. The lowest BCUT2D eigenvalue weighted by Crippen LogP contribution is -2.23. The van der Waals surface area contributed by atoms with Crippen LogP contribution < -0.4 is 10.1 Å². The number of halogens is 1. The standard InChI is InChI=1S/C13H15BrN4O2/c1-20-11-4-2-9(6-10(11)14)3-5-13(19)15-7-12-16-8-17-18-12/h2,4,6,8H,3,5,7H2,1H3,(H,15,19)(H,16,17,18). The molecule has 0 bridgehead atoms. The van der Waals surface area contributed by atoms with Gasteiger partial charge in [-0.15, -0.1) is 0 Å². The third-order valence-electron chi connectivity index (χ3n) is 2.77. The molecule has 0 fully saturated rings. The van der Waals surface area contributed by atoms with Crippen LogP contribution >= 0.6 is 15.9 Å². The number of H-pyrrole nitrogens is 1. The van der Waals surface area contributed by atoms with E-state index in [1.54, 1.807) is 7.11 Å². The number of hydrogen-bond donors (Lipinski definition) is 2. The summed E-state index contributed by atoms with van der Waals surface area (Å²) in [6.45, 7) is 0.366. The van der Waals surface area contributed by atoms with Gasteiger partial charge in [-0.3, -0.25) is 9.89 Å². The van der Waals surface area contributed by atoms with Gasteiger partial charge in [0.2, 0.25) is 5.91 Å². The van der Waals surface area contributed by atoms with E-state index >= 15 is 0 Å². The minimum absolute atomic E-state index is 0.0201. The molecule has 2 aromatic rings. The molecule has 0 aliphatic rings. The Morgan fingerprint density at radius 2 is 2.35 bits per heavy atom. The van der Waals surface area contributed by atoms with Crippen LogP contribution in [-0.2, 0) is 17.8 Å². The van der Waals surface area contributed by atoms with Crippen LogP contribution in [0.3, 0.4) is 0 Å². The monoisotopic (exact) mass is 338 g/mol. The van der Waals surface area contributed by atoms with Gasteiger partial charge in [0.15, 0.2) is 0 Å². The number of methoxy groups -OCH3 is 1. The maximum atomic E-state index is 11.7. The molecule has 0 aliphatic heterocycles. The molecule has 2 N–H and O–H groups in total. The van der Waals surface area contributed by atoms with Gasteiger partial charge in [0, 0.05) is 6.42 Å². The average Bonchev–Trinajstić information content (AvgIpc) is 2.96. The number of carbonyl (C=O) groups excluding carboxylic acids is 1. The van der Waals surface area contributed by atoms with E-state index in [0.717, 1.165) is 15.8 Å². The Hall–Kier alpha value is -1.89. The molecule has 0 aliphatic carbocycles. The molecule has 1 aromatic heterocycles. The zero-order valence-electron chi connectivity index (χ0n) is 11.0. The second kappa shape index (κ2) is 7.04. The molecule has 0 unspecified atom stereocenters. The summed E-state index contributed by atoms with van der Waals surface area (Å²) in [7, 11) is 1.62. The molecule has 20 heavy (non-hydrogen) atoms. The number of nitrogens with zero attached hydrogens (tertiary/aromatic N) is 2. The molecule has 0 atom stereocenters. The Morgan fingerprint density at radius 3 is 3.00 bits per heavy atom. The van der Waals surface area contributed by atoms with E-state index in [0.29, 0.717) is 25.2 Å². The van der Waals surface area contributed by atoms with Gasteiger partial charge in [-0.05, 0) is 40.0 Å². The van der Waals surface area contributed by atoms with Crippen LogP contribution in [-0.4, -0.2) is 28.2 Å². The fourth-order valence-electron chi connectivity index (χ4n) is 1.71. The zero-order valence-corrected chi connectivity index (χ0v) is 12.6. The Bertz CT molecular complexity index is 572. The highest BCUT2D eigenvalue weighted by Gasteiger charge is 2.06. The first-order chi connectivity index (χ1) is 9.69. The summed E-state index contributed by atoms with van der Waals surface area (Å²) < 4.78 is 6.05. The van der Waals surface area contributed by atoms with E-state index in [-0.39, 0.29) is 5.91 Å². The van der Waals surface area contributed by atoms with Crippen LogP contribution in [0.5, 0.6) is 5.75 Å². The van der Waals surface area contributed by atoms with Crippen molar-refractivity contribution in [2.24, 2.45) is 0 Å². The summed E-state index contributed by atoms with van der Waals surface area (Å²) in [4.78, 5) is 15.6. The molecule has 0 saturated heterocycles. The molecule has 0 saturated carbocycles. The highest BCUT2D eigenvalue weighted by Crippen LogP contribution is 2.25. The predicted molar refractivity (Wildman–Crippen MR) is 77.2 cm³/mol. The van der Waals surface area contributed by atoms with Gasteiger partial charge in [0.05, 0.1) is 18.1 Å². The lowest BCUT2D eigenvalue weighted by Gasteiger charge is -2.06. The largest absolute Gasteiger partial charge is 0.496 e. The molecule has 6 nitrogen and oxygen atoms in total. The van der Waals surface area contributed by atoms with Crippen molar-refractivity contribution in [3.63, 3.8) is 0 Å². The number of carbonyl (C=O) groups is 1. The smallest absolute Gasteiger partial charge is 0.220 e. The van der Waals surface area contributed by atoms with Gasteiger partial charge in [-0.25, -0.2) is 4.98 Å². The summed E-state index contributed by atoms with van der Waals surface area (Å²) in [5, 5.41) is 9.19. The van der Waals surface area contributed by atoms with Gasteiger partial charge >= 0.3 is 0 Å². The summed E-state index contributed by atoms with van der Waals surface area (Å²) in [6.07, 6.45) is 2.51. The Balaban J connectivity index is 1.79. The molecule has 106 valence electrons. The van der Waals surface area contributed by atoms with E-state index in [9.17, 15) is 4.79 Å². The number of ether oxygens (including phenoxy) is 1. The SMILES string of the molecule is COc1ccc(CCC(=O)NCc2ncn[nH]2)cc1Br. The van der Waals surface area contributed by atoms with Crippen LogP contribution in [0.4, 0.5) is 0 Å². The molecular formula is C13H15BrN4O2. The van der Waals surface area contributed by atoms with Crippen LogP contribution in [0.15, 0.2) is 29.0 Å². The van der Waals surface area contributed by atoms with Crippen LogP contribution in [0.25, 0.3) is 0 Å². The minimum atomic E-state index is -0.0201. The normalized spacial score (nSPS) is 10.3. The van der Waals surface area contributed by atoms with Crippen molar-refractivity contribution in [1.29, 1.82) is 0 Å². The average molecular weight is 339 g/mol. The molecule has 2 rings (SSSR count). The van der Waals surface area contributed by atoms with Crippen molar-refractivity contribution < 1.29 is 9.53 Å². The molecule has 0 radical (unpaired) electrons. The van der Waals surface area contributed by atoms with Gasteiger partial charge in [0.1, 0.15) is 17.9 Å². The first-order valence-corrected chi connectivity index (χ1v) is 6.91. The molecule has 7 heteroatoms. The van der Waals surface area contributed by atoms with Crippen molar-refractivity contribution in [2.75, 3.05) is 7.11 Å². The van der Waals surface area contributed by atoms with Crippen LogP contribution in [0.2, 0.25) is 0 Å². The zero-order chi connectivity index (χ0) is 14.4. The van der Waals surface area contributed by atoms with Crippen molar-refractivity contribution in [2.45, 2.75) is 19.4 Å². The summed E-state index contributed by atoms with van der Waals surface area (Å²) in [5.41, 5.74) is 1.08. The highest BCUT2D eigenvalue weighted by molar-refractivity contribution is 9.10. The fraction of sp³-hybridized carbons (Fsp3) is 0.308. The number of amides is 1. The molecule has 1 aromatic carbocycles. The topological polar surface area (TPSA) is 79.9 Å². The Morgan fingerprint density at radius 1 is 1.50 bits per heavy atom. The predicted octanol–water partition coefficient (Wildman–Crippen LogP) is 1.82. The van der Waals surface area contributed by atoms with E-state index in [2.05, 4.69) is 36.4 Å². The number of rotatable bonds is 6. The Labute approximate surface area is 125 Å². The molecule has 1 heterocycles. The number of nitrogens with one attached hydrogen (secondary N) is 2. The van der Waals surface area contributed by atoms with Crippen LogP contribution in [0.1, 0.15) is 17.8 Å². The van der Waals surface area contributed by atoms with Crippen LogP contribution in [0, 0.1) is 0 Å². The quantitative estimate of drug-likeness (QED) is 0.841. The minimum Gasteiger partial charge on any atom is -0.496 e. The summed E-state index contributed by atoms with van der Waals surface area (Å²) in [6, 6.07) is 5.79. The number of aryl methyl sites for hydroxylation is 1. The van der Waals surface area contributed by atoms with E-state index < -0.39 is 0 Å². The maximum Gasteiger partial charge on any atom is 0.220 e. The lowest BCUT2D eigenvalue weighted by molar-refractivity contribution is -0.121. The lowest BCUT2D eigenvalue weighted by atomic mass is 10.1. The third-order valence-corrected chi connectivity index (χ3v) is 3.39. The highest BCUT2D eigenvalue weighted by atomic mass is 79.9. The van der Waals surface area contributed by atoms with Gasteiger partial charge in [-0.2, -0.15) is 5.10 Å². The first kappa shape index (κ1) is 14.5. The molecular weight excluding hydrogens is 324 g/mol. The fourth-order valence-corrected chi connectivity index (χ4v) is 2.30. The summed E-state index contributed by atoms with van der Waals surface area (Å²) >= 11 is 3.43. The number of hydrogen-bond acceptors (Lipinski definition) is 4. The Kier molecular flexibility index (Phi) is 5.11. The van der Waals surface area contributed by atoms with Crippen molar-refractivity contribution in [1.82, 2.24) is 20.5 Å². The van der Waals surface area contributed by atoms with E-state index in [1.165, 1.54) is 6.33 Å². The van der Waals surface area contributed by atoms with Crippen molar-refractivity contribution >= 4 is 21.8 Å². The van der Waals surface area contributed by atoms with E-state index in [1.807, 2.05) is 18.2 Å². The van der Waals surface area contributed by atoms with Crippen molar-refractivity contribution in [3.05, 3.63) is 40.4 Å². The van der Waals surface area contributed by atoms with Gasteiger partial charge in [-0.1, -0.05) is 6.07 Å². The number of aromatic nitrogens is 3. The van der Waals surface area contributed by atoms with Gasteiger partial charge < -0.3 is 10.1 Å². The second-order valence-electron chi connectivity index (χ2n) is 4.18. The first-order valence-electron chi connectivity index (χ1n) is 6.12. The van der Waals surface area contributed by atoms with Crippen molar-refractivity contribution in [3.8, 4) is 5.75 Å². The molecule has 1 amide bonds. The van der Waals surface area contributed by atoms with E-state index in [4.69, 9.17) is 4.74 Å². The molecule has 0 spiro atoms. The second-order valence-corrected chi connectivity index (χ2v) is 5.03. The number of benzene rings is 1. The van der Waals surface area contributed by atoms with Gasteiger partial charge in [0.25, 0.3) is 0 Å². The maximum absolute atomic E-state index is 11.7.